The van der Waals surface area contributed by atoms with Crippen LogP contribution >= 0.6 is 0 Å². The number of anilines is 1. The number of rotatable bonds is 3. The molecule has 1 aromatic carbocycles. The van der Waals surface area contributed by atoms with E-state index in [0.717, 1.165) is 0 Å². The average molecular weight is 305 g/mol. The van der Waals surface area contributed by atoms with Gasteiger partial charge in [0, 0.05) is 28.7 Å². The highest BCUT2D eigenvalue weighted by molar-refractivity contribution is 7.94. The molecule has 1 N–H and O–H groups in total. The van der Waals surface area contributed by atoms with Crippen LogP contribution in [0.2, 0.25) is 0 Å². The van der Waals surface area contributed by atoms with E-state index in [1.165, 1.54) is 17.7 Å². The lowest BCUT2D eigenvalue weighted by atomic mass is 10.1. The Morgan fingerprint density at radius 1 is 1.33 bits per heavy atom. The molecule has 0 bridgehead atoms. The number of non-ortho nitro benzene ring substituents is 1. The maximum absolute atomic E-state index is 11.4. The van der Waals surface area contributed by atoms with Crippen LogP contribution in [0.1, 0.15) is 0 Å². The van der Waals surface area contributed by atoms with Crippen molar-refractivity contribution in [2.24, 2.45) is 0 Å². The highest BCUT2D eigenvalue weighted by atomic mass is 32.2. The Labute approximate surface area is 120 Å². The topological polar surface area (TPSA) is 102 Å². The van der Waals surface area contributed by atoms with Crippen molar-refractivity contribution in [1.29, 1.82) is 0 Å². The smallest absolute Gasteiger partial charge is 0.295 e. The average Bonchev–Trinajstić information content (AvgIpc) is 2.78. The minimum absolute atomic E-state index is 0.0221. The Bertz CT molecular complexity index is 861. The molecule has 1 aliphatic heterocycles. The summed E-state index contributed by atoms with van der Waals surface area (Å²) in [7, 11) is -3.16. The van der Waals surface area contributed by atoms with Crippen LogP contribution in [-0.4, -0.2) is 30.1 Å². The zero-order valence-electron chi connectivity index (χ0n) is 10.8. The van der Waals surface area contributed by atoms with Crippen LogP contribution in [-0.2, 0) is 9.84 Å². The van der Waals surface area contributed by atoms with E-state index in [4.69, 9.17) is 0 Å². The zero-order chi connectivity index (χ0) is 15.0. The van der Waals surface area contributed by atoms with E-state index in [1.54, 1.807) is 24.3 Å². The van der Waals surface area contributed by atoms with Gasteiger partial charge in [-0.2, -0.15) is 0 Å². The molecule has 3 rings (SSSR count). The lowest BCUT2D eigenvalue weighted by Crippen LogP contribution is -2.21. The summed E-state index contributed by atoms with van der Waals surface area (Å²) in [6.07, 6.45) is 3.05. The molecule has 0 radical (unpaired) electrons. The van der Waals surface area contributed by atoms with Crippen molar-refractivity contribution in [2.75, 3.05) is 11.1 Å². The van der Waals surface area contributed by atoms with E-state index in [2.05, 4.69) is 10.3 Å². The van der Waals surface area contributed by atoms with Gasteiger partial charge in [-0.25, -0.2) is 13.4 Å². The standard InChI is InChI=1S/C13H11N3O4S/c17-16(18)12-4-3-11(10-2-1-6-14-13(10)12)15-9-5-7-21(19,20)8-9/h1-7,9,15H,8H2. The fraction of sp³-hybridized carbons (Fsp3) is 0.154. The van der Waals surface area contributed by atoms with Gasteiger partial charge in [-0.1, -0.05) is 6.08 Å². The molecule has 0 aliphatic carbocycles. The number of hydrogen-bond donors (Lipinski definition) is 1. The molecule has 0 saturated carbocycles. The van der Waals surface area contributed by atoms with Crippen molar-refractivity contribution >= 4 is 32.1 Å². The van der Waals surface area contributed by atoms with Crippen LogP contribution in [0.5, 0.6) is 0 Å². The molecule has 7 nitrogen and oxygen atoms in total. The maximum atomic E-state index is 11.4. The molecular weight excluding hydrogens is 294 g/mol. The fourth-order valence-corrected chi connectivity index (χ4v) is 3.53. The van der Waals surface area contributed by atoms with Gasteiger partial charge in [-0.15, -0.1) is 0 Å². The Kier molecular flexibility index (Phi) is 3.09. The third-order valence-electron chi connectivity index (χ3n) is 3.22. The summed E-state index contributed by atoms with van der Waals surface area (Å²) in [5, 5.41) is 15.9. The van der Waals surface area contributed by atoms with E-state index in [-0.39, 0.29) is 23.0 Å². The highest BCUT2D eigenvalue weighted by Gasteiger charge is 2.23. The maximum Gasteiger partial charge on any atom is 0.295 e. The molecule has 21 heavy (non-hydrogen) atoms. The van der Waals surface area contributed by atoms with Crippen LogP contribution in [0, 0.1) is 10.1 Å². The fourth-order valence-electron chi connectivity index (χ4n) is 2.30. The van der Waals surface area contributed by atoms with Crippen molar-refractivity contribution in [3.8, 4) is 0 Å². The Balaban J connectivity index is 2.03. The SMILES string of the molecule is O=[N+]([O-])c1ccc(NC2C=CS(=O)(=O)C2)c2cccnc12. The second kappa shape index (κ2) is 4.81. The van der Waals surface area contributed by atoms with Gasteiger partial charge >= 0.3 is 0 Å². The first-order chi connectivity index (χ1) is 9.96. The molecule has 0 spiro atoms. The van der Waals surface area contributed by atoms with Crippen molar-refractivity contribution < 1.29 is 13.3 Å². The third-order valence-corrected chi connectivity index (χ3v) is 4.61. The number of benzene rings is 1. The molecule has 0 saturated heterocycles. The molecule has 2 aromatic rings. The normalized spacial score (nSPS) is 19.7. The Morgan fingerprint density at radius 2 is 2.14 bits per heavy atom. The van der Waals surface area contributed by atoms with Crippen molar-refractivity contribution in [2.45, 2.75) is 6.04 Å². The van der Waals surface area contributed by atoms with E-state index >= 15 is 0 Å². The third kappa shape index (κ3) is 2.57. The van der Waals surface area contributed by atoms with Gasteiger partial charge in [-0.05, 0) is 18.2 Å². The van der Waals surface area contributed by atoms with Gasteiger partial charge in [0.1, 0.15) is 5.52 Å². The second-order valence-corrected chi connectivity index (χ2v) is 6.63. The first-order valence-corrected chi connectivity index (χ1v) is 7.87. The van der Waals surface area contributed by atoms with Gasteiger partial charge in [0.15, 0.2) is 9.84 Å². The molecule has 1 atom stereocenters. The number of hydrogen-bond acceptors (Lipinski definition) is 6. The summed E-state index contributed by atoms with van der Waals surface area (Å²) in [6, 6.07) is 5.98. The van der Waals surface area contributed by atoms with Crippen LogP contribution < -0.4 is 5.32 Å². The molecule has 1 aromatic heterocycles. The number of nitro groups is 1. The molecule has 2 heterocycles. The monoisotopic (exact) mass is 305 g/mol. The molecule has 0 amide bonds. The number of aromatic nitrogens is 1. The quantitative estimate of drug-likeness (QED) is 0.686. The van der Waals surface area contributed by atoms with Crippen LogP contribution in [0.25, 0.3) is 10.9 Å². The number of pyridine rings is 1. The van der Waals surface area contributed by atoms with Gasteiger partial charge in [0.2, 0.25) is 0 Å². The summed E-state index contributed by atoms with van der Waals surface area (Å²) in [6.45, 7) is 0. The predicted octanol–water partition coefficient (Wildman–Crippen LogP) is 1.87. The number of nitro benzene ring substituents is 1. The summed E-state index contributed by atoms with van der Waals surface area (Å²) in [5.41, 5.74) is 0.818. The summed E-state index contributed by atoms with van der Waals surface area (Å²) < 4.78 is 22.8. The first kappa shape index (κ1) is 13.5. The number of nitrogens with one attached hydrogen (secondary N) is 1. The molecule has 108 valence electrons. The Hall–Kier alpha value is -2.48. The first-order valence-electron chi connectivity index (χ1n) is 6.16. The molecule has 0 fully saturated rings. The summed E-state index contributed by atoms with van der Waals surface area (Å²) in [5.74, 6) is -0.0221. The number of nitrogens with zero attached hydrogens (tertiary/aromatic N) is 2. The number of sulfone groups is 1. The number of fused-ring (bicyclic) bond motifs is 1. The molecule has 8 heteroatoms. The van der Waals surface area contributed by atoms with Crippen molar-refractivity contribution in [3.05, 3.63) is 52.1 Å². The summed E-state index contributed by atoms with van der Waals surface area (Å²) >= 11 is 0. The minimum Gasteiger partial charge on any atom is -0.377 e. The Morgan fingerprint density at radius 3 is 2.81 bits per heavy atom. The van der Waals surface area contributed by atoms with Gasteiger partial charge in [0.25, 0.3) is 5.69 Å². The largest absolute Gasteiger partial charge is 0.377 e. The van der Waals surface area contributed by atoms with Gasteiger partial charge in [-0.3, -0.25) is 10.1 Å². The highest BCUT2D eigenvalue weighted by Crippen LogP contribution is 2.30. The van der Waals surface area contributed by atoms with Gasteiger partial charge < -0.3 is 5.32 Å². The van der Waals surface area contributed by atoms with Gasteiger partial charge in [0.05, 0.1) is 16.7 Å². The lowest BCUT2D eigenvalue weighted by molar-refractivity contribution is -0.383. The predicted molar refractivity (Wildman–Crippen MR) is 78.7 cm³/mol. The minimum atomic E-state index is -3.16. The van der Waals surface area contributed by atoms with Crippen molar-refractivity contribution in [3.63, 3.8) is 0 Å². The second-order valence-electron chi connectivity index (χ2n) is 4.70. The van der Waals surface area contributed by atoms with E-state index in [1.807, 2.05) is 0 Å². The van der Waals surface area contributed by atoms with Crippen molar-refractivity contribution in [1.82, 2.24) is 4.98 Å². The van der Waals surface area contributed by atoms with Crippen LogP contribution in [0.15, 0.2) is 41.9 Å². The van der Waals surface area contributed by atoms with Crippen LogP contribution in [0.3, 0.4) is 0 Å². The van der Waals surface area contributed by atoms with E-state index in [9.17, 15) is 18.5 Å². The molecule has 1 unspecified atom stereocenters. The van der Waals surface area contributed by atoms with E-state index in [0.29, 0.717) is 11.1 Å². The molecular formula is C13H11N3O4S. The van der Waals surface area contributed by atoms with E-state index < -0.39 is 14.8 Å². The van der Waals surface area contributed by atoms with Crippen LogP contribution in [0.4, 0.5) is 11.4 Å². The molecule has 1 aliphatic rings. The lowest BCUT2D eigenvalue weighted by Gasteiger charge is -2.13. The zero-order valence-corrected chi connectivity index (χ0v) is 11.6. The summed E-state index contributed by atoms with van der Waals surface area (Å²) in [4.78, 5) is 14.6.